The summed E-state index contributed by atoms with van der Waals surface area (Å²) in [4.78, 5) is 23.1. The second kappa shape index (κ2) is 6.23. The van der Waals surface area contributed by atoms with E-state index in [1.54, 1.807) is 0 Å². The Kier molecular flexibility index (Phi) is 4.32. The van der Waals surface area contributed by atoms with Gasteiger partial charge < -0.3 is 10.2 Å². The largest absolute Gasteiger partial charge is 0.354 e. The maximum atomic E-state index is 11.9. The summed E-state index contributed by atoms with van der Waals surface area (Å²) in [7, 11) is 0. The number of nitrogens with one attached hydrogen (secondary N) is 1. The SMILES string of the molecule is Cc1cc(C2CCC2)nc(NC[C@@H]2CC(=O)N(C(C)C)C2)n1. The number of anilines is 1. The molecule has 2 aliphatic rings. The molecule has 1 aliphatic carbocycles. The van der Waals surface area contributed by atoms with E-state index < -0.39 is 0 Å². The van der Waals surface area contributed by atoms with E-state index in [1.165, 1.54) is 25.0 Å². The normalized spacial score (nSPS) is 22.3. The first-order valence-corrected chi connectivity index (χ1v) is 8.42. The lowest BCUT2D eigenvalue weighted by Gasteiger charge is -2.25. The summed E-state index contributed by atoms with van der Waals surface area (Å²) >= 11 is 0. The minimum Gasteiger partial charge on any atom is -0.354 e. The summed E-state index contributed by atoms with van der Waals surface area (Å²) in [5.41, 5.74) is 2.19. The predicted molar refractivity (Wildman–Crippen MR) is 86.8 cm³/mol. The molecule has 2 fully saturated rings. The fourth-order valence-electron chi connectivity index (χ4n) is 3.26. The van der Waals surface area contributed by atoms with E-state index in [4.69, 9.17) is 0 Å². The average molecular weight is 302 g/mol. The van der Waals surface area contributed by atoms with Gasteiger partial charge in [-0.05, 0) is 39.7 Å². The Labute approximate surface area is 132 Å². The zero-order valence-corrected chi connectivity index (χ0v) is 13.8. The topological polar surface area (TPSA) is 58.1 Å². The lowest BCUT2D eigenvalue weighted by atomic mass is 9.83. The van der Waals surface area contributed by atoms with E-state index in [1.807, 2.05) is 11.8 Å². The van der Waals surface area contributed by atoms with Crippen LogP contribution in [0, 0.1) is 12.8 Å². The molecular formula is C17H26N4O. The standard InChI is InChI=1S/C17H26N4O/c1-11(2)21-10-13(8-16(21)22)9-18-17-19-12(3)7-15(20-17)14-5-4-6-14/h7,11,13-14H,4-6,8-10H2,1-3H3,(H,18,19,20)/t13-/m0/s1. The molecule has 22 heavy (non-hydrogen) atoms. The monoisotopic (exact) mass is 302 g/mol. The van der Waals surface area contributed by atoms with Gasteiger partial charge in [0.05, 0.1) is 0 Å². The third-order valence-corrected chi connectivity index (χ3v) is 4.81. The van der Waals surface area contributed by atoms with Crippen molar-refractivity contribution in [2.75, 3.05) is 18.4 Å². The number of carbonyl (C=O) groups is 1. The van der Waals surface area contributed by atoms with Crippen molar-refractivity contribution < 1.29 is 4.79 Å². The third kappa shape index (κ3) is 3.23. The summed E-state index contributed by atoms with van der Waals surface area (Å²) in [6.07, 6.45) is 4.44. The Morgan fingerprint density at radius 1 is 1.36 bits per heavy atom. The first-order valence-electron chi connectivity index (χ1n) is 8.42. The van der Waals surface area contributed by atoms with Crippen molar-refractivity contribution in [3.63, 3.8) is 0 Å². The molecule has 1 saturated heterocycles. The highest BCUT2D eigenvalue weighted by molar-refractivity contribution is 5.79. The predicted octanol–water partition coefficient (Wildman–Crippen LogP) is 2.72. The van der Waals surface area contributed by atoms with Gasteiger partial charge in [0.2, 0.25) is 11.9 Å². The molecule has 1 N–H and O–H groups in total. The van der Waals surface area contributed by atoms with Crippen LogP contribution in [0.3, 0.4) is 0 Å². The molecule has 0 unspecified atom stereocenters. The van der Waals surface area contributed by atoms with Crippen molar-refractivity contribution in [1.29, 1.82) is 0 Å². The van der Waals surface area contributed by atoms with Crippen molar-refractivity contribution >= 4 is 11.9 Å². The second-order valence-electron chi connectivity index (χ2n) is 6.98. The zero-order valence-electron chi connectivity index (χ0n) is 13.8. The van der Waals surface area contributed by atoms with Gasteiger partial charge in [0.25, 0.3) is 0 Å². The van der Waals surface area contributed by atoms with E-state index in [2.05, 4.69) is 35.2 Å². The first kappa shape index (κ1) is 15.3. The minimum atomic E-state index is 0.266. The van der Waals surface area contributed by atoms with E-state index in [0.29, 0.717) is 18.3 Å². The van der Waals surface area contributed by atoms with Crippen molar-refractivity contribution in [3.05, 3.63) is 17.5 Å². The van der Waals surface area contributed by atoms with E-state index >= 15 is 0 Å². The van der Waals surface area contributed by atoms with Crippen LogP contribution in [0.25, 0.3) is 0 Å². The van der Waals surface area contributed by atoms with Crippen LogP contribution in [0.5, 0.6) is 0 Å². The van der Waals surface area contributed by atoms with Crippen LogP contribution >= 0.6 is 0 Å². The average Bonchev–Trinajstić information content (AvgIpc) is 2.75. The molecule has 0 radical (unpaired) electrons. The molecule has 1 aromatic rings. The van der Waals surface area contributed by atoms with E-state index in [0.717, 1.165) is 24.7 Å². The van der Waals surface area contributed by atoms with Gasteiger partial charge in [-0.15, -0.1) is 0 Å². The molecule has 1 atom stereocenters. The van der Waals surface area contributed by atoms with E-state index in [-0.39, 0.29) is 11.9 Å². The number of amides is 1. The molecular weight excluding hydrogens is 276 g/mol. The van der Waals surface area contributed by atoms with Gasteiger partial charge >= 0.3 is 0 Å². The number of aromatic nitrogens is 2. The molecule has 5 heteroatoms. The lowest BCUT2D eigenvalue weighted by Crippen LogP contribution is -2.32. The van der Waals surface area contributed by atoms with Crippen LogP contribution in [-0.2, 0) is 4.79 Å². The molecule has 0 aromatic carbocycles. The van der Waals surface area contributed by atoms with Crippen LogP contribution in [0.2, 0.25) is 0 Å². The molecule has 1 saturated carbocycles. The highest BCUT2D eigenvalue weighted by atomic mass is 16.2. The van der Waals surface area contributed by atoms with Crippen LogP contribution in [0.15, 0.2) is 6.07 Å². The number of hydrogen-bond acceptors (Lipinski definition) is 4. The summed E-state index contributed by atoms with van der Waals surface area (Å²) in [6.45, 7) is 7.77. The zero-order chi connectivity index (χ0) is 15.7. The number of carbonyl (C=O) groups excluding carboxylic acids is 1. The fraction of sp³-hybridized carbons (Fsp3) is 0.706. The number of hydrogen-bond donors (Lipinski definition) is 1. The molecule has 3 rings (SSSR count). The van der Waals surface area contributed by atoms with Crippen LogP contribution in [0.1, 0.15) is 56.8 Å². The minimum absolute atomic E-state index is 0.266. The van der Waals surface area contributed by atoms with Gasteiger partial charge in [0.1, 0.15) is 0 Å². The molecule has 0 spiro atoms. The Balaban J connectivity index is 1.60. The second-order valence-corrected chi connectivity index (χ2v) is 6.98. The van der Waals surface area contributed by atoms with Gasteiger partial charge in [-0.2, -0.15) is 0 Å². The fourth-order valence-corrected chi connectivity index (χ4v) is 3.26. The van der Waals surface area contributed by atoms with Crippen molar-refractivity contribution in [2.24, 2.45) is 5.92 Å². The molecule has 5 nitrogen and oxygen atoms in total. The number of nitrogens with zero attached hydrogens (tertiary/aromatic N) is 3. The molecule has 2 heterocycles. The number of rotatable bonds is 5. The molecule has 1 aromatic heterocycles. The summed E-state index contributed by atoms with van der Waals surface area (Å²) < 4.78 is 0. The van der Waals surface area contributed by atoms with Crippen molar-refractivity contribution in [1.82, 2.24) is 14.9 Å². The van der Waals surface area contributed by atoms with Crippen molar-refractivity contribution in [2.45, 2.75) is 58.4 Å². The number of likely N-dealkylation sites (tertiary alicyclic amines) is 1. The molecule has 1 amide bonds. The molecule has 120 valence electrons. The Morgan fingerprint density at radius 3 is 2.73 bits per heavy atom. The number of aryl methyl sites for hydroxylation is 1. The first-order chi connectivity index (χ1) is 10.5. The van der Waals surface area contributed by atoms with E-state index in [9.17, 15) is 4.79 Å². The van der Waals surface area contributed by atoms with Crippen molar-refractivity contribution in [3.8, 4) is 0 Å². The Hall–Kier alpha value is -1.65. The van der Waals surface area contributed by atoms with Gasteiger partial charge in [0.15, 0.2) is 0 Å². The molecule has 1 aliphatic heterocycles. The van der Waals surface area contributed by atoms with Gasteiger partial charge in [-0.25, -0.2) is 9.97 Å². The Morgan fingerprint density at radius 2 is 2.14 bits per heavy atom. The van der Waals surface area contributed by atoms with Gasteiger partial charge in [0, 0.05) is 48.8 Å². The summed E-state index contributed by atoms with van der Waals surface area (Å²) in [5.74, 6) is 1.96. The summed E-state index contributed by atoms with van der Waals surface area (Å²) in [6, 6.07) is 2.40. The van der Waals surface area contributed by atoms with Gasteiger partial charge in [-0.1, -0.05) is 6.42 Å². The highest BCUT2D eigenvalue weighted by Crippen LogP contribution is 2.35. The maximum absolute atomic E-state index is 11.9. The van der Waals surface area contributed by atoms with Crippen LogP contribution in [-0.4, -0.2) is 39.9 Å². The molecule has 0 bridgehead atoms. The van der Waals surface area contributed by atoms with Gasteiger partial charge in [-0.3, -0.25) is 4.79 Å². The quantitative estimate of drug-likeness (QED) is 0.908. The summed E-state index contributed by atoms with van der Waals surface area (Å²) in [5, 5.41) is 3.35. The van der Waals surface area contributed by atoms with Crippen LogP contribution < -0.4 is 5.32 Å². The maximum Gasteiger partial charge on any atom is 0.223 e. The third-order valence-electron chi connectivity index (χ3n) is 4.81. The van der Waals surface area contributed by atoms with Crippen LogP contribution in [0.4, 0.5) is 5.95 Å². The Bertz CT molecular complexity index is 554. The highest BCUT2D eigenvalue weighted by Gasteiger charge is 2.31. The smallest absolute Gasteiger partial charge is 0.223 e. The lowest BCUT2D eigenvalue weighted by molar-refractivity contribution is -0.129.